The van der Waals surface area contributed by atoms with Gasteiger partial charge in [0, 0.05) is 31.6 Å². The summed E-state index contributed by atoms with van der Waals surface area (Å²) in [6.45, 7) is 2.75. The molecule has 2 N–H and O–H groups in total. The number of amides is 2. The van der Waals surface area contributed by atoms with Gasteiger partial charge in [0.05, 0.1) is 33.4 Å². The van der Waals surface area contributed by atoms with Gasteiger partial charge < -0.3 is 24.8 Å². The molecule has 2 heterocycles. The summed E-state index contributed by atoms with van der Waals surface area (Å²) >= 11 is 12.2. The maximum absolute atomic E-state index is 14.5. The standard InChI is InChI=1S/C51H44Cl2N4O6/c1-3-44(36-7-5-4-6-8-36)57-29-39-27-47-45(56(2)50(59)48(63-47)37-18-20-40(21-19-37)62-30-33-13-22-41(52)42(53)23-33)25-38(39)26-46(57)49(58)55-43(51(60)61)24-31-9-14-34(15-10-31)35-16-11-32(28-54)12-17-35/h4-23,25,27,43-44,46,48H,3,24,26,29-30H2,1-2H3,(H,55,58)(H,60,61)/t43-,44+,46-,48+/m0/s1. The Balaban J connectivity index is 1.02. The molecule has 0 saturated heterocycles. The first kappa shape index (κ1) is 43.0. The normalized spacial score (nSPS) is 16.7. The molecule has 0 unspecified atom stereocenters. The van der Waals surface area contributed by atoms with Crippen LogP contribution < -0.4 is 19.7 Å². The van der Waals surface area contributed by atoms with Crippen molar-refractivity contribution in [2.75, 3.05) is 11.9 Å². The number of aliphatic carboxylic acids is 1. The molecule has 6 aromatic carbocycles. The number of nitriles is 1. The van der Waals surface area contributed by atoms with Crippen molar-refractivity contribution in [3.63, 3.8) is 0 Å². The molecule has 0 spiro atoms. The molecular weight excluding hydrogens is 835 g/mol. The maximum Gasteiger partial charge on any atom is 0.326 e. The van der Waals surface area contributed by atoms with Gasteiger partial charge in [-0.1, -0.05) is 115 Å². The van der Waals surface area contributed by atoms with E-state index in [2.05, 4.69) is 23.2 Å². The monoisotopic (exact) mass is 878 g/mol. The zero-order chi connectivity index (χ0) is 44.2. The van der Waals surface area contributed by atoms with Crippen molar-refractivity contribution in [1.29, 1.82) is 5.26 Å². The predicted octanol–water partition coefficient (Wildman–Crippen LogP) is 9.90. The number of benzene rings is 6. The van der Waals surface area contributed by atoms with E-state index in [9.17, 15) is 19.5 Å². The van der Waals surface area contributed by atoms with Gasteiger partial charge in [-0.15, -0.1) is 0 Å². The van der Waals surface area contributed by atoms with Crippen LogP contribution in [0.1, 0.15) is 64.4 Å². The second kappa shape index (κ2) is 18.8. The fraction of sp³-hybridized carbons (Fsp3) is 0.216. The molecule has 4 atom stereocenters. The molecule has 6 aromatic rings. The maximum atomic E-state index is 14.5. The minimum absolute atomic E-state index is 0.0846. The number of nitrogens with one attached hydrogen (secondary N) is 1. The number of hydrogen-bond acceptors (Lipinski definition) is 7. The SMILES string of the molecule is CC[C@H](c1ccccc1)N1Cc2cc3c(cc2C[C@H]1C(=O)N[C@@H](Cc1ccc(-c2ccc(C#N)cc2)cc1)C(=O)O)N(C)C(=O)[C@@H](c1ccc(OCc2ccc(Cl)c(Cl)c2)cc1)O3. The molecule has 0 aliphatic carbocycles. The molecule has 63 heavy (non-hydrogen) atoms. The number of carbonyl (C=O) groups excluding carboxylic acids is 2. The second-order valence-electron chi connectivity index (χ2n) is 15.8. The number of likely N-dealkylation sites (N-methyl/N-ethyl adjacent to an activating group) is 1. The van der Waals surface area contributed by atoms with Gasteiger partial charge in [-0.05, 0) is 100 Å². The van der Waals surface area contributed by atoms with Gasteiger partial charge in [0.15, 0.2) is 0 Å². The molecule has 2 amide bonds. The zero-order valence-corrected chi connectivity index (χ0v) is 36.1. The van der Waals surface area contributed by atoms with E-state index in [-0.39, 0.29) is 30.9 Å². The lowest BCUT2D eigenvalue weighted by Gasteiger charge is -2.42. The third-order valence-electron chi connectivity index (χ3n) is 11.8. The first-order chi connectivity index (χ1) is 30.5. The molecule has 8 rings (SSSR count). The average Bonchev–Trinajstić information content (AvgIpc) is 3.30. The van der Waals surface area contributed by atoms with E-state index >= 15 is 0 Å². The summed E-state index contributed by atoms with van der Waals surface area (Å²) in [6, 6.07) is 41.3. The number of anilines is 1. The number of carbonyl (C=O) groups is 3. The van der Waals surface area contributed by atoms with E-state index < -0.39 is 24.2 Å². The van der Waals surface area contributed by atoms with Crippen LogP contribution in [0.25, 0.3) is 11.1 Å². The molecule has 2 aliphatic heterocycles. The Bertz CT molecular complexity index is 2690. The predicted molar refractivity (Wildman–Crippen MR) is 243 cm³/mol. The fourth-order valence-corrected chi connectivity index (χ4v) is 8.70. The van der Waals surface area contributed by atoms with Crippen LogP contribution in [-0.2, 0) is 40.4 Å². The van der Waals surface area contributed by atoms with Crippen molar-refractivity contribution in [3.05, 3.63) is 182 Å². The fourth-order valence-electron chi connectivity index (χ4n) is 8.38. The van der Waals surface area contributed by atoms with E-state index in [1.165, 1.54) is 0 Å². The molecule has 2 aliphatic rings. The molecule has 0 saturated carbocycles. The van der Waals surface area contributed by atoms with E-state index in [0.717, 1.165) is 38.9 Å². The lowest BCUT2D eigenvalue weighted by atomic mass is 9.88. The van der Waals surface area contributed by atoms with Crippen LogP contribution in [0.2, 0.25) is 10.0 Å². The van der Waals surface area contributed by atoms with Crippen LogP contribution in [0.4, 0.5) is 5.69 Å². The summed E-state index contributed by atoms with van der Waals surface area (Å²) in [5.74, 6) is -0.610. The van der Waals surface area contributed by atoms with Crippen molar-refractivity contribution >= 4 is 46.7 Å². The van der Waals surface area contributed by atoms with Crippen molar-refractivity contribution in [2.45, 2.75) is 63.6 Å². The quantitative estimate of drug-likeness (QED) is 0.117. The van der Waals surface area contributed by atoms with E-state index in [1.807, 2.05) is 97.1 Å². The van der Waals surface area contributed by atoms with Gasteiger partial charge in [0.1, 0.15) is 24.1 Å². The third-order valence-corrected chi connectivity index (χ3v) is 12.5. The number of hydrogen-bond donors (Lipinski definition) is 2. The highest BCUT2D eigenvalue weighted by Gasteiger charge is 2.40. The molecule has 10 nitrogen and oxygen atoms in total. The number of rotatable bonds is 13. The first-order valence-electron chi connectivity index (χ1n) is 20.7. The summed E-state index contributed by atoms with van der Waals surface area (Å²) in [6.07, 6.45) is 0.181. The van der Waals surface area contributed by atoms with Gasteiger partial charge >= 0.3 is 5.97 Å². The lowest BCUT2D eigenvalue weighted by Crippen LogP contribution is -2.55. The largest absolute Gasteiger partial charge is 0.489 e. The summed E-state index contributed by atoms with van der Waals surface area (Å²) < 4.78 is 12.5. The molecule has 0 radical (unpaired) electrons. The number of nitrogens with zero attached hydrogens (tertiary/aromatic N) is 3. The zero-order valence-electron chi connectivity index (χ0n) is 34.6. The van der Waals surface area contributed by atoms with Crippen LogP contribution in [0.3, 0.4) is 0 Å². The Morgan fingerprint density at radius 2 is 1.56 bits per heavy atom. The Labute approximate surface area is 376 Å². The molecule has 318 valence electrons. The smallest absolute Gasteiger partial charge is 0.326 e. The summed E-state index contributed by atoms with van der Waals surface area (Å²) in [4.78, 5) is 44.8. The Morgan fingerprint density at radius 1 is 0.873 bits per heavy atom. The molecule has 0 aromatic heterocycles. The van der Waals surface area contributed by atoms with Gasteiger partial charge in [-0.2, -0.15) is 5.26 Å². The van der Waals surface area contributed by atoms with Gasteiger partial charge in [0.2, 0.25) is 12.0 Å². The first-order valence-corrected chi connectivity index (χ1v) is 21.4. The summed E-state index contributed by atoms with van der Waals surface area (Å²) in [5, 5.41) is 23.4. The van der Waals surface area contributed by atoms with Crippen molar-refractivity contribution in [2.24, 2.45) is 0 Å². The number of ether oxygens (including phenoxy) is 2. The Hall–Kier alpha value is -6.64. The van der Waals surface area contributed by atoms with Crippen LogP contribution in [0.5, 0.6) is 11.5 Å². The highest BCUT2D eigenvalue weighted by atomic mass is 35.5. The Morgan fingerprint density at radius 3 is 2.21 bits per heavy atom. The second-order valence-corrected chi connectivity index (χ2v) is 16.6. The topological polar surface area (TPSA) is 132 Å². The Kier molecular flexibility index (Phi) is 12.8. The number of carboxylic acids is 1. The van der Waals surface area contributed by atoms with Gasteiger partial charge in [-0.25, -0.2) is 4.79 Å². The average molecular weight is 880 g/mol. The summed E-state index contributed by atoms with van der Waals surface area (Å²) in [7, 11) is 1.72. The van der Waals surface area contributed by atoms with Crippen LogP contribution in [-0.4, -0.2) is 46.9 Å². The van der Waals surface area contributed by atoms with Crippen molar-refractivity contribution in [1.82, 2.24) is 10.2 Å². The number of halogens is 2. The van der Waals surface area contributed by atoms with E-state index in [0.29, 0.717) is 57.7 Å². The summed E-state index contributed by atoms with van der Waals surface area (Å²) in [5.41, 5.74) is 8.18. The molecule has 0 fully saturated rings. The highest BCUT2D eigenvalue weighted by Crippen LogP contribution is 2.43. The minimum atomic E-state index is -1.18. The minimum Gasteiger partial charge on any atom is -0.489 e. The third kappa shape index (κ3) is 9.42. The number of carboxylic acid groups (broad SMARTS) is 1. The number of fused-ring (bicyclic) bond motifs is 2. The molecule has 12 heteroatoms. The highest BCUT2D eigenvalue weighted by molar-refractivity contribution is 6.42. The van der Waals surface area contributed by atoms with Crippen molar-refractivity contribution < 1.29 is 29.0 Å². The molecular formula is C51H44Cl2N4O6. The van der Waals surface area contributed by atoms with Crippen LogP contribution in [0, 0.1) is 11.3 Å². The van der Waals surface area contributed by atoms with Crippen LogP contribution >= 0.6 is 23.2 Å². The van der Waals surface area contributed by atoms with E-state index in [4.69, 9.17) is 37.9 Å². The molecule has 0 bridgehead atoms. The van der Waals surface area contributed by atoms with E-state index in [1.54, 1.807) is 48.3 Å². The van der Waals surface area contributed by atoms with Crippen molar-refractivity contribution in [3.8, 4) is 28.7 Å². The van der Waals surface area contributed by atoms with Crippen LogP contribution in [0.15, 0.2) is 133 Å². The lowest BCUT2D eigenvalue weighted by molar-refractivity contribution is -0.143. The van der Waals surface area contributed by atoms with Gasteiger partial charge in [0.25, 0.3) is 5.91 Å². The van der Waals surface area contributed by atoms with Gasteiger partial charge in [-0.3, -0.25) is 14.5 Å².